The molecule has 0 fully saturated rings. The van der Waals surface area contributed by atoms with Crippen LogP contribution in [0.3, 0.4) is 0 Å². The first-order valence-electron chi connectivity index (χ1n) is 16.3. The minimum Gasteiger partial charge on any atom is -0.494 e. The van der Waals surface area contributed by atoms with Crippen LogP contribution in [0.2, 0.25) is 0 Å². The van der Waals surface area contributed by atoms with Gasteiger partial charge in [0.2, 0.25) is 0 Å². The van der Waals surface area contributed by atoms with E-state index in [2.05, 4.69) is 43.3 Å². The summed E-state index contributed by atoms with van der Waals surface area (Å²) < 4.78 is 24.3. The van der Waals surface area contributed by atoms with Crippen LogP contribution in [0.1, 0.15) is 87.2 Å². The van der Waals surface area contributed by atoms with E-state index in [0.717, 1.165) is 71.3 Å². The van der Waals surface area contributed by atoms with Crippen LogP contribution in [-0.4, -0.2) is 22.7 Å². The van der Waals surface area contributed by atoms with Gasteiger partial charge in [-0.25, -0.2) is 9.97 Å². The Kier molecular flexibility index (Phi) is 12.6. The zero-order valence-electron chi connectivity index (χ0n) is 26.1. The minimum atomic E-state index is 0.262. The second kappa shape index (κ2) is 17.5. The molecule has 4 aromatic rings. The van der Waals surface area contributed by atoms with E-state index in [-0.39, 0.29) is 6.10 Å². The second-order valence-electron chi connectivity index (χ2n) is 11.6. The van der Waals surface area contributed by atoms with Crippen molar-refractivity contribution in [3.8, 4) is 22.9 Å². The molecule has 2 aromatic heterocycles. The number of hydrogen-bond donors (Lipinski definition) is 0. The SMILES string of the molecule is CCC1CCCCCCCCCOc2ccc(cc2)COCc2cccc(n2)-c2cccc(n2)COCc2ccc(cc2)O1. The summed E-state index contributed by atoms with van der Waals surface area (Å²) in [5.41, 5.74) is 5.61. The van der Waals surface area contributed by atoms with Crippen LogP contribution >= 0.6 is 0 Å². The van der Waals surface area contributed by atoms with Crippen molar-refractivity contribution in [2.45, 2.75) is 97.2 Å². The summed E-state index contributed by atoms with van der Waals surface area (Å²) in [5.74, 6) is 1.84. The summed E-state index contributed by atoms with van der Waals surface area (Å²) >= 11 is 0. The van der Waals surface area contributed by atoms with Crippen LogP contribution < -0.4 is 9.47 Å². The number of nitrogens with zero attached hydrogens (tertiary/aromatic N) is 2. The highest BCUT2D eigenvalue weighted by molar-refractivity contribution is 5.54. The highest BCUT2D eigenvalue weighted by Crippen LogP contribution is 2.21. The maximum atomic E-state index is 6.30. The monoisotopic (exact) mass is 594 g/mol. The zero-order chi connectivity index (χ0) is 30.2. The summed E-state index contributed by atoms with van der Waals surface area (Å²) in [5, 5.41) is 0. The molecule has 0 amide bonds. The molecule has 6 nitrogen and oxygen atoms in total. The number of ether oxygens (including phenoxy) is 4. The number of rotatable bonds is 1. The molecule has 0 N–H and O–H groups in total. The van der Waals surface area contributed by atoms with Crippen molar-refractivity contribution < 1.29 is 18.9 Å². The summed E-state index contributed by atoms with van der Waals surface area (Å²) in [4.78, 5) is 9.61. The van der Waals surface area contributed by atoms with Crippen LogP contribution in [0, 0.1) is 0 Å². The molecule has 0 aliphatic carbocycles. The highest BCUT2D eigenvalue weighted by atomic mass is 16.5. The minimum absolute atomic E-state index is 0.262. The maximum absolute atomic E-state index is 6.30. The smallest absolute Gasteiger partial charge is 0.119 e. The first kappa shape index (κ1) is 31.7. The second-order valence-corrected chi connectivity index (χ2v) is 11.6. The van der Waals surface area contributed by atoms with E-state index in [1.54, 1.807) is 0 Å². The van der Waals surface area contributed by atoms with Gasteiger partial charge in [0.25, 0.3) is 0 Å². The fraction of sp³-hybridized carbons (Fsp3) is 0.421. The van der Waals surface area contributed by atoms with Gasteiger partial charge in [0.05, 0.1) is 61.9 Å². The Morgan fingerprint density at radius 1 is 0.568 bits per heavy atom. The van der Waals surface area contributed by atoms with Gasteiger partial charge in [0, 0.05) is 0 Å². The van der Waals surface area contributed by atoms with E-state index in [1.807, 2.05) is 48.5 Å². The first-order valence-corrected chi connectivity index (χ1v) is 16.3. The van der Waals surface area contributed by atoms with Crippen LogP contribution in [0.4, 0.5) is 0 Å². The Bertz CT molecular complexity index is 1390. The average molecular weight is 595 g/mol. The number of pyridine rings is 2. The summed E-state index contributed by atoms with van der Waals surface area (Å²) in [7, 11) is 0. The molecule has 1 unspecified atom stereocenters. The van der Waals surface area contributed by atoms with Gasteiger partial charge in [-0.3, -0.25) is 0 Å². The van der Waals surface area contributed by atoms with E-state index in [4.69, 9.17) is 28.9 Å². The Morgan fingerprint density at radius 3 is 1.66 bits per heavy atom. The Morgan fingerprint density at radius 2 is 1.09 bits per heavy atom. The fourth-order valence-electron chi connectivity index (χ4n) is 5.39. The van der Waals surface area contributed by atoms with Crippen molar-refractivity contribution in [3.63, 3.8) is 0 Å². The van der Waals surface area contributed by atoms with Gasteiger partial charge in [-0.1, -0.05) is 75.4 Å². The van der Waals surface area contributed by atoms with Crippen LogP contribution in [0.15, 0.2) is 84.9 Å². The molecule has 44 heavy (non-hydrogen) atoms. The number of benzene rings is 2. The van der Waals surface area contributed by atoms with Crippen molar-refractivity contribution in [2.75, 3.05) is 6.61 Å². The maximum Gasteiger partial charge on any atom is 0.119 e. The predicted octanol–water partition coefficient (Wildman–Crippen LogP) is 9.25. The lowest BCUT2D eigenvalue weighted by atomic mass is 10.0. The quantitative estimate of drug-likeness (QED) is 0.219. The molecule has 4 aliphatic heterocycles. The Balaban J connectivity index is 1.21. The molecule has 1 atom stereocenters. The summed E-state index contributed by atoms with van der Waals surface area (Å²) in [6.07, 6.45) is 11.0. The molecule has 6 heteroatoms. The predicted molar refractivity (Wildman–Crippen MR) is 174 cm³/mol. The molecule has 6 heterocycles. The lowest BCUT2D eigenvalue weighted by molar-refractivity contribution is 0.104. The van der Waals surface area contributed by atoms with Crippen molar-refractivity contribution in [2.24, 2.45) is 0 Å². The molecule has 4 aliphatic rings. The number of hydrogen-bond acceptors (Lipinski definition) is 6. The van der Waals surface area contributed by atoms with Crippen molar-refractivity contribution in [1.82, 2.24) is 9.97 Å². The third kappa shape index (κ3) is 10.5. The first-order chi connectivity index (χ1) is 21.7. The lowest BCUT2D eigenvalue weighted by Crippen LogP contribution is -2.15. The van der Waals surface area contributed by atoms with Crippen LogP contribution in [0.5, 0.6) is 11.5 Å². The topological polar surface area (TPSA) is 62.7 Å². The Labute approximate surface area is 262 Å². The number of aromatic nitrogens is 2. The average Bonchev–Trinajstić information content (AvgIpc) is 3.06. The molecule has 8 rings (SSSR count). The van der Waals surface area contributed by atoms with Crippen molar-refractivity contribution in [1.29, 1.82) is 0 Å². The fourth-order valence-corrected chi connectivity index (χ4v) is 5.39. The molecule has 2 aromatic carbocycles. The van der Waals surface area contributed by atoms with Gasteiger partial charge < -0.3 is 18.9 Å². The van der Waals surface area contributed by atoms with Crippen molar-refractivity contribution in [3.05, 3.63) is 107 Å². The molecule has 0 radical (unpaired) electrons. The summed E-state index contributed by atoms with van der Waals surface area (Å²) in [6, 6.07) is 28.4. The van der Waals surface area contributed by atoms with E-state index in [1.165, 1.54) is 38.5 Å². The largest absolute Gasteiger partial charge is 0.494 e. The normalized spacial score (nSPS) is 17.9. The molecule has 8 bridgehead atoms. The van der Waals surface area contributed by atoms with Crippen LogP contribution in [-0.2, 0) is 35.9 Å². The van der Waals surface area contributed by atoms with Gasteiger partial charge in [-0.05, 0) is 85.3 Å². The van der Waals surface area contributed by atoms with Crippen LogP contribution in [0.25, 0.3) is 11.4 Å². The van der Waals surface area contributed by atoms with Crippen molar-refractivity contribution >= 4 is 0 Å². The molecule has 0 saturated heterocycles. The van der Waals surface area contributed by atoms with Gasteiger partial charge in [0.1, 0.15) is 11.5 Å². The molecular formula is C38H46N2O4. The molecular weight excluding hydrogens is 548 g/mol. The molecule has 0 saturated carbocycles. The lowest BCUT2D eigenvalue weighted by Gasteiger charge is -2.18. The van der Waals surface area contributed by atoms with Gasteiger partial charge >= 0.3 is 0 Å². The third-order valence-corrected chi connectivity index (χ3v) is 7.96. The van der Waals surface area contributed by atoms with E-state index >= 15 is 0 Å². The van der Waals surface area contributed by atoms with Gasteiger partial charge in [-0.15, -0.1) is 0 Å². The standard InChI is InChI=1S/C38H46N2O4/c1-2-34-14-8-6-4-3-5-7-9-25-43-35-21-17-30(18-22-35)26-41-28-32-12-10-15-37(39-32)38-16-11-13-33(40-38)29-42-27-31-19-23-36(44-34)24-20-31/h10-13,15-24,34H,2-9,14,25-29H2,1H3. The zero-order valence-corrected chi connectivity index (χ0v) is 26.1. The molecule has 0 spiro atoms. The van der Waals surface area contributed by atoms with E-state index < -0.39 is 0 Å². The highest BCUT2D eigenvalue weighted by Gasteiger charge is 2.09. The van der Waals surface area contributed by atoms with E-state index in [9.17, 15) is 0 Å². The third-order valence-electron chi connectivity index (χ3n) is 7.96. The Hall–Kier alpha value is -3.74. The molecule has 232 valence electrons. The van der Waals surface area contributed by atoms with Gasteiger partial charge in [0.15, 0.2) is 0 Å². The van der Waals surface area contributed by atoms with Gasteiger partial charge in [-0.2, -0.15) is 0 Å². The summed E-state index contributed by atoms with van der Waals surface area (Å²) in [6.45, 7) is 4.87. The van der Waals surface area contributed by atoms with E-state index in [0.29, 0.717) is 26.4 Å².